The Morgan fingerprint density at radius 3 is 2.68 bits per heavy atom. The molecule has 146 valence electrons. The Labute approximate surface area is 164 Å². The monoisotopic (exact) mass is 381 g/mol. The summed E-state index contributed by atoms with van der Waals surface area (Å²) < 4.78 is 19.9. The Morgan fingerprint density at radius 1 is 1.18 bits per heavy atom. The number of amides is 1. The van der Waals surface area contributed by atoms with E-state index in [2.05, 4.69) is 10.4 Å². The summed E-state index contributed by atoms with van der Waals surface area (Å²) in [6.07, 6.45) is 3.41. The van der Waals surface area contributed by atoms with E-state index in [0.29, 0.717) is 30.1 Å². The van der Waals surface area contributed by atoms with Crippen LogP contribution in [0.25, 0.3) is 16.9 Å². The Hall–Kier alpha value is -2.99. The normalized spacial score (nSPS) is 10.8. The summed E-state index contributed by atoms with van der Waals surface area (Å²) in [5.41, 5.74) is 3.73. The molecule has 1 amide bonds. The molecule has 0 aliphatic heterocycles. The molecule has 28 heavy (non-hydrogen) atoms. The third kappa shape index (κ3) is 4.84. The van der Waals surface area contributed by atoms with E-state index in [0.717, 1.165) is 24.0 Å². The Bertz CT molecular complexity index is 935. The van der Waals surface area contributed by atoms with Gasteiger partial charge in [0.15, 0.2) is 0 Å². The van der Waals surface area contributed by atoms with Gasteiger partial charge in [0.1, 0.15) is 11.5 Å². The number of methoxy groups -OCH3 is 1. The maximum atomic E-state index is 13.2. The van der Waals surface area contributed by atoms with Crippen LogP contribution in [0, 0.1) is 12.7 Å². The van der Waals surface area contributed by atoms with Crippen molar-refractivity contribution in [3.05, 3.63) is 71.7 Å². The highest BCUT2D eigenvalue weighted by atomic mass is 19.1. The summed E-state index contributed by atoms with van der Waals surface area (Å²) in [6, 6.07) is 13.9. The predicted molar refractivity (Wildman–Crippen MR) is 107 cm³/mol. The maximum Gasteiger partial charge on any atom is 0.255 e. The fourth-order valence-electron chi connectivity index (χ4n) is 2.94. The van der Waals surface area contributed by atoms with Crippen LogP contribution in [0.1, 0.15) is 28.8 Å². The molecule has 0 atom stereocenters. The second-order valence-corrected chi connectivity index (χ2v) is 6.64. The molecular formula is C22H24FN3O2. The highest BCUT2D eigenvalue weighted by molar-refractivity contribution is 5.99. The highest BCUT2D eigenvalue weighted by Crippen LogP contribution is 2.24. The topological polar surface area (TPSA) is 56.1 Å². The highest BCUT2D eigenvalue weighted by Gasteiger charge is 2.18. The van der Waals surface area contributed by atoms with Crippen LogP contribution in [0.15, 0.2) is 54.7 Å². The molecule has 3 aromatic rings. The second-order valence-electron chi connectivity index (χ2n) is 6.64. The van der Waals surface area contributed by atoms with Crippen LogP contribution in [0.3, 0.4) is 0 Å². The van der Waals surface area contributed by atoms with Crippen LogP contribution in [0.4, 0.5) is 4.39 Å². The van der Waals surface area contributed by atoms with E-state index in [4.69, 9.17) is 4.74 Å². The number of halogens is 1. The molecule has 0 spiro atoms. The third-order valence-corrected chi connectivity index (χ3v) is 4.40. The molecule has 0 unspecified atom stereocenters. The van der Waals surface area contributed by atoms with Gasteiger partial charge in [-0.1, -0.05) is 23.8 Å². The molecule has 6 heteroatoms. The van der Waals surface area contributed by atoms with Gasteiger partial charge < -0.3 is 10.1 Å². The second kappa shape index (κ2) is 9.28. The molecule has 0 saturated carbocycles. The average Bonchev–Trinajstić information content (AvgIpc) is 3.14. The van der Waals surface area contributed by atoms with Crippen LogP contribution in [-0.4, -0.2) is 35.9 Å². The molecule has 0 saturated heterocycles. The lowest BCUT2D eigenvalue weighted by Gasteiger charge is -2.06. The van der Waals surface area contributed by atoms with Crippen molar-refractivity contribution in [3.63, 3.8) is 0 Å². The number of ether oxygens (including phenoxy) is 1. The van der Waals surface area contributed by atoms with Crippen LogP contribution in [-0.2, 0) is 4.74 Å². The van der Waals surface area contributed by atoms with Crippen molar-refractivity contribution in [2.24, 2.45) is 0 Å². The lowest BCUT2D eigenvalue weighted by atomic mass is 10.1. The molecule has 0 bridgehead atoms. The van der Waals surface area contributed by atoms with Gasteiger partial charge in [0.05, 0.1) is 11.3 Å². The summed E-state index contributed by atoms with van der Waals surface area (Å²) in [6.45, 7) is 3.24. The van der Waals surface area contributed by atoms with E-state index < -0.39 is 0 Å². The molecule has 0 radical (unpaired) electrons. The Balaban J connectivity index is 1.90. The van der Waals surface area contributed by atoms with Crippen LogP contribution in [0.5, 0.6) is 0 Å². The molecular weight excluding hydrogens is 357 g/mol. The molecule has 1 heterocycles. The molecule has 0 fully saturated rings. The first-order chi connectivity index (χ1) is 13.6. The van der Waals surface area contributed by atoms with Gasteiger partial charge in [0.25, 0.3) is 5.91 Å². The fourth-order valence-corrected chi connectivity index (χ4v) is 2.94. The number of benzene rings is 2. The number of rotatable bonds is 8. The van der Waals surface area contributed by atoms with Crippen LogP contribution in [0.2, 0.25) is 0 Å². The van der Waals surface area contributed by atoms with Crippen LogP contribution >= 0.6 is 0 Å². The van der Waals surface area contributed by atoms with Gasteiger partial charge in [-0.3, -0.25) is 4.79 Å². The minimum Gasteiger partial charge on any atom is -0.385 e. The number of carbonyl (C=O) groups excluding carboxylic acids is 1. The van der Waals surface area contributed by atoms with Gasteiger partial charge in [-0.05, 0) is 50.1 Å². The minimum absolute atomic E-state index is 0.178. The number of unbranched alkanes of at least 4 members (excludes halogenated alkanes) is 1. The Morgan fingerprint density at radius 2 is 1.96 bits per heavy atom. The number of nitrogens with one attached hydrogen (secondary N) is 1. The summed E-state index contributed by atoms with van der Waals surface area (Å²) in [5, 5.41) is 7.56. The standard InChI is InChI=1S/C22H24FN3O2/c1-16-6-5-7-17(14-16)21-20(22(27)24-12-3-4-13-28-2)15-26(25-21)19-10-8-18(23)9-11-19/h5-11,14-15H,3-4,12-13H2,1-2H3,(H,24,27). The van der Waals surface area contributed by atoms with E-state index in [1.54, 1.807) is 30.1 Å². The zero-order valence-corrected chi connectivity index (χ0v) is 16.1. The summed E-state index contributed by atoms with van der Waals surface area (Å²) >= 11 is 0. The van der Waals surface area contributed by atoms with Crippen molar-refractivity contribution in [2.45, 2.75) is 19.8 Å². The largest absolute Gasteiger partial charge is 0.385 e. The predicted octanol–water partition coefficient (Wildman–Crippen LogP) is 4.14. The van der Waals surface area contributed by atoms with Crippen molar-refractivity contribution in [1.29, 1.82) is 0 Å². The SMILES string of the molecule is COCCCCNC(=O)c1cn(-c2ccc(F)cc2)nc1-c1cccc(C)c1. The molecule has 0 aliphatic carbocycles. The summed E-state index contributed by atoms with van der Waals surface area (Å²) in [7, 11) is 1.66. The summed E-state index contributed by atoms with van der Waals surface area (Å²) in [4.78, 5) is 12.8. The quantitative estimate of drug-likeness (QED) is 0.597. The van der Waals surface area contributed by atoms with Gasteiger partial charge in [-0.15, -0.1) is 0 Å². The van der Waals surface area contributed by atoms with Gasteiger partial charge in [-0.25, -0.2) is 9.07 Å². The smallest absolute Gasteiger partial charge is 0.255 e. The molecule has 1 N–H and O–H groups in total. The first kappa shape index (κ1) is 19.8. The fraction of sp³-hybridized carbons (Fsp3) is 0.273. The number of carbonyl (C=O) groups is 1. The molecule has 1 aromatic heterocycles. The van der Waals surface area contributed by atoms with E-state index in [1.165, 1.54) is 12.1 Å². The van der Waals surface area contributed by atoms with E-state index in [9.17, 15) is 9.18 Å². The number of hydrogen-bond acceptors (Lipinski definition) is 3. The zero-order valence-electron chi connectivity index (χ0n) is 16.1. The first-order valence-electron chi connectivity index (χ1n) is 9.28. The van der Waals surface area contributed by atoms with Crippen molar-refractivity contribution >= 4 is 5.91 Å². The molecule has 3 rings (SSSR count). The summed E-state index contributed by atoms with van der Waals surface area (Å²) in [5.74, 6) is -0.494. The van der Waals surface area contributed by atoms with E-state index in [1.807, 2.05) is 31.2 Å². The van der Waals surface area contributed by atoms with Gasteiger partial charge in [-0.2, -0.15) is 5.10 Å². The van der Waals surface area contributed by atoms with Crippen molar-refractivity contribution < 1.29 is 13.9 Å². The number of nitrogens with zero attached hydrogens (tertiary/aromatic N) is 2. The van der Waals surface area contributed by atoms with Gasteiger partial charge in [0.2, 0.25) is 0 Å². The number of aryl methyl sites for hydroxylation is 1. The van der Waals surface area contributed by atoms with Crippen molar-refractivity contribution in [3.8, 4) is 16.9 Å². The maximum absolute atomic E-state index is 13.2. The lowest BCUT2D eigenvalue weighted by Crippen LogP contribution is -2.24. The Kier molecular flexibility index (Phi) is 6.55. The molecule has 5 nitrogen and oxygen atoms in total. The first-order valence-corrected chi connectivity index (χ1v) is 9.28. The van der Waals surface area contributed by atoms with E-state index >= 15 is 0 Å². The lowest BCUT2D eigenvalue weighted by molar-refractivity contribution is 0.0952. The number of hydrogen-bond donors (Lipinski definition) is 1. The van der Waals surface area contributed by atoms with Crippen molar-refractivity contribution in [2.75, 3.05) is 20.3 Å². The number of aromatic nitrogens is 2. The van der Waals surface area contributed by atoms with Gasteiger partial charge >= 0.3 is 0 Å². The van der Waals surface area contributed by atoms with Gasteiger partial charge in [0, 0.05) is 32.0 Å². The zero-order chi connectivity index (χ0) is 19.9. The van der Waals surface area contributed by atoms with Crippen molar-refractivity contribution in [1.82, 2.24) is 15.1 Å². The molecule has 0 aliphatic rings. The average molecular weight is 381 g/mol. The third-order valence-electron chi connectivity index (χ3n) is 4.40. The molecule has 2 aromatic carbocycles. The van der Waals surface area contributed by atoms with E-state index in [-0.39, 0.29) is 11.7 Å². The van der Waals surface area contributed by atoms with Crippen LogP contribution < -0.4 is 5.32 Å². The minimum atomic E-state index is -0.316.